The fourth-order valence-electron chi connectivity index (χ4n) is 6.69. The van der Waals surface area contributed by atoms with Crippen molar-refractivity contribution in [1.82, 2.24) is 0 Å². The van der Waals surface area contributed by atoms with E-state index in [9.17, 15) is 39.3 Å². The number of aryl methyl sites for hydroxylation is 1. The van der Waals surface area contributed by atoms with Gasteiger partial charge in [-0.1, -0.05) is 23.8 Å². The minimum absolute atomic E-state index is 0.0670. The summed E-state index contributed by atoms with van der Waals surface area (Å²) in [7, 11) is 0. The molecule has 1 saturated heterocycles. The van der Waals surface area contributed by atoms with Gasteiger partial charge in [0.25, 0.3) is 0 Å². The maximum absolute atomic E-state index is 13.9. The predicted octanol–water partition coefficient (Wildman–Crippen LogP) is 3.74. The second kappa shape index (κ2) is 8.87. The highest BCUT2D eigenvalue weighted by atomic mass is 16.4. The molecule has 202 valence electrons. The van der Waals surface area contributed by atoms with Crippen molar-refractivity contribution < 1.29 is 39.3 Å². The summed E-state index contributed by atoms with van der Waals surface area (Å²) >= 11 is 0. The number of fused-ring (bicyclic) bond motifs is 3. The Labute approximate surface area is 228 Å². The van der Waals surface area contributed by atoms with Gasteiger partial charge in [-0.25, -0.2) is 9.69 Å². The minimum Gasteiger partial charge on any atom is -0.508 e. The lowest BCUT2D eigenvalue weighted by Gasteiger charge is -2.42. The van der Waals surface area contributed by atoms with E-state index in [-0.39, 0.29) is 41.4 Å². The van der Waals surface area contributed by atoms with Crippen molar-refractivity contribution in [1.29, 1.82) is 0 Å². The summed E-state index contributed by atoms with van der Waals surface area (Å²) in [6.07, 6.45) is 3.58. The van der Waals surface area contributed by atoms with Gasteiger partial charge in [-0.05, 0) is 68.0 Å². The smallest absolute Gasteiger partial charge is 0.339 e. The molecule has 1 heterocycles. The Morgan fingerprint density at radius 3 is 2.35 bits per heavy atom. The lowest BCUT2D eigenvalue weighted by atomic mass is 9.59. The van der Waals surface area contributed by atoms with E-state index in [4.69, 9.17) is 0 Å². The molecule has 3 N–H and O–H groups in total. The Hall–Kier alpha value is -4.79. The number of carbonyl (C=O) groups is 5. The molecule has 9 nitrogen and oxygen atoms in total. The fourth-order valence-corrected chi connectivity index (χ4v) is 6.69. The molecule has 0 radical (unpaired) electrons. The highest BCUT2D eigenvalue weighted by molar-refractivity contribution is 6.25. The molecule has 2 aromatic carbocycles. The van der Waals surface area contributed by atoms with Gasteiger partial charge in [-0.3, -0.25) is 19.2 Å². The molecule has 3 aliphatic carbocycles. The SMILES string of the molecule is CC1=CC(=O)C2=C(C1=O)C(c1ccc(O)c(C)c1)C1=CCC3C(=O)N(c4ccc(C(=O)O)c(O)c4)C(=O)C3C1C2. The molecule has 1 fully saturated rings. The van der Waals surface area contributed by atoms with Crippen molar-refractivity contribution in [3.8, 4) is 11.5 Å². The Bertz CT molecular complexity index is 1680. The second-order valence-electron chi connectivity index (χ2n) is 10.8. The van der Waals surface area contributed by atoms with E-state index in [1.54, 1.807) is 26.0 Å². The zero-order valence-electron chi connectivity index (χ0n) is 21.7. The number of amides is 2. The quantitative estimate of drug-likeness (QED) is 0.303. The van der Waals surface area contributed by atoms with E-state index in [1.165, 1.54) is 18.2 Å². The second-order valence-corrected chi connectivity index (χ2v) is 10.8. The molecule has 40 heavy (non-hydrogen) atoms. The van der Waals surface area contributed by atoms with Crippen LogP contribution in [0.15, 0.2) is 70.8 Å². The summed E-state index contributed by atoms with van der Waals surface area (Å²) in [5.41, 5.74) is 2.84. The largest absolute Gasteiger partial charge is 0.508 e. The van der Waals surface area contributed by atoms with E-state index in [1.807, 2.05) is 6.08 Å². The molecule has 2 aromatic rings. The predicted molar refractivity (Wildman–Crippen MR) is 142 cm³/mol. The number of phenolic OH excluding ortho intramolecular Hbond substituents is 1. The van der Waals surface area contributed by atoms with Crippen molar-refractivity contribution >= 4 is 35.0 Å². The van der Waals surface area contributed by atoms with E-state index in [0.717, 1.165) is 22.6 Å². The number of Topliss-reactive ketones (excluding diaryl/α,β-unsaturated/α-hetero) is 1. The minimum atomic E-state index is -1.34. The third-order valence-electron chi connectivity index (χ3n) is 8.59. The van der Waals surface area contributed by atoms with Crippen LogP contribution in [0, 0.1) is 24.7 Å². The number of phenols is 2. The number of rotatable bonds is 3. The summed E-state index contributed by atoms with van der Waals surface area (Å²) in [6.45, 7) is 3.34. The summed E-state index contributed by atoms with van der Waals surface area (Å²) < 4.78 is 0. The van der Waals surface area contributed by atoms with E-state index < -0.39 is 47.2 Å². The summed E-state index contributed by atoms with van der Waals surface area (Å²) in [5, 5.41) is 29.6. The van der Waals surface area contributed by atoms with E-state index in [0.29, 0.717) is 27.8 Å². The van der Waals surface area contributed by atoms with Crippen LogP contribution in [0.3, 0.4) is 0 Å². The number of carboxylic acid groups (broad SMARTS) is 1. The normalized spacial score (nSPS) is 25.8. The molecule has 2 amide bonds. The number of aromatic hydroxyl groups is 2. The number of aromatic carboxylic acids is 1. The number of imide groups is 1. The average Bonchev–Trinajstić information content (AvgIpc) is 3.17. The number of nitrogens with zero attached hydrogens (tertiary/aromatic N) is 1. The first-order valence-electron chi connectivity index (χ1n) is 12.9. The molecule has 4 atom stereocenters. The van der Waals surface area contributed by atoms with Gasteiger partial charge in [0.15, 0.2) is 11.6 Å². The lowest BCUT2D eigenvalue weighted by molar-refractivity contribution is -0.123. The molecular formula is C31H25NO8. The molecule has 0 aromatic heterocycles. The summed E-state index contributed by atoms with van der Waals surface area (Å²) in [5.74, 6) is -5.99. The van der Waals surface area contributed by atoms with Crippen LogP contribution in [-0.4, -0.2) is 44.7 Å². The highest BCUT2D eigenvalue weighted by Crippen LogP contribution is 2.55. The molecule has 9 heteroatoms. The van der Waals surface area contributed by atoms with Gasteiger partial charge in [0.05, 0.1) is 17.5 Å². The number of ketones is 2. The Morgan fingerprint density at radius 1 is 0.925 bits per heavy atom. The topological polar surface area (TPSA) is 149 Å². The average molecular weight is 540 g/mol. The van der Waals surface area contributed by atoms with Crippen molar-refractivity contribution in [3.05, 3.63) is 87.5 Å². The number of benzene rings is 2. The number of carboxylic acids is 1. The van der Waals surface area contributed by atoms with Crippen LogP contribution >= 0.6 is 0 Å². The molecular weight excluding hydrogens is 514 g/mol. The summed E-state index contributed by atoms with van der Waals surface area (Å²) in [6, 6.07) is 8.56. The molecule has 4 aliphatic rings. The monoisotopic (exact) mass is 539 g/mol. The van der Waals surface area contributed by atoms with E-state index in [2.05, 4.69) is 0 Å². The molecule has 0 saturated carbocycles. The standard InChI is InChI=1S/C31H25NO8/c1-13-9-15(3-8-22(13)33)25-17-6-7-19-26(20(17)12-21-23(34)10-14(2)28(36)27(21)25)30(38)32(29(19)37)16-4-5-18(31(39)40)24(35)11-16/h3-6,8-11,19-20,25-26,33,35H,7,12H2,1-2H3,(H,39,40). The molecule has 0 spiro atoms. The van der Waals surface area contributed by atoms with Gasteiger partial charge in [-0.15, -0.1) is 0 Å². The van der Waals surface area contributed by atoms with Crippen LogP contribution in [0.25, 0.3) is 0 Å². The third-order valence-corrected chi connectivity index (χ3v) is 8.59. The summed E-state index contributed by atoms with van der Waals surface area (Å²) in [4.78, 5) is 66.4. The molecule has 1 aliphatic heterocycles. The third kappa shape index (κ3) is 3.57. The molecule has 6 rings (SSSR count). The number of hydrogen-bond donors (Lipinski definition) is 3. The fraction of sp³-hybridized carbons (Fsp3) is 0.258. The Kier molecular flexibility index (Phi) is 5.65. The molecule has 4 unspecified atom stereocenters. The first-order chi connectivity index (χ1) is 19.0. The van der Waals surface area contributed by atoms with Gasteiger partial charge in [0.2, 0.25) is 11.8 Å². The van der Waals surface area contributed by atoms with E-state index >= 15 is 0 Å². The van der Waals surface area contributed by atoms with Gasteiger partial charge in [0, 0.05) is 28.7 Å². The van der Waals surface area contributed by atoms with Crippen LogP contribution in [0.4, 0.5) is 5.69 Å². The van der Waals surface area contributed by atoms with Gasteiger partial charge in [-0.2, -0.15) is 0 Å². The number of hydrogen-bond acceptors (Lipinski definition) is 7. The van der Waals surface area contributed by atoms with Crippen molar-refractivity contribution in [2.75, 3.05) is 4.90 Å². The number of anilines is 1. The highest BCUT2D eigenvalue weighted by Gasteiger charge is 2.56. The maximum atomic E-state index is 13.9. The number of allylic oxidation sites excluding steroid dienone is 6. The van der Waals surface area contributed by atoms with Crippen molar-refractivity contribution in [2.24, 2.45) is 17.8 Å². The van der Waals surface area contributed by atoms with Crippen LogP contribution in [-0.2, 0) is 19.2 Å². The zero-order valence-corrected chi connectivity index (χ0v) is 21.7. The Morgan fingerprint density at radius 2 is 1.68 bits per heavy atom. The van der Waals surface area contributed by atoms with Crippen LogP contribution in [0.1, 0.15) is 47.2 Å². The first-order valence-corrected chi connectivity index (χ1v) is 12.9. The maximum Gasteiger partial charge on any atom is 0.339 e. The van der Waals surface area contributed by atoms with Gasteiger partial charge >= 0.3 is 5.97 Å². The lowest BCUT2D eigenvalue weighted by Crippen LogP contribution is -2.39. The van der Waals surface area contributed by atoms with Crippen LogP contribution in [0.2, 0.25) is 0 Å². The Balaban J connectivity index is 1.46. The number of carbonyl (C=O) groups excluding carboxylic acids is 4. The van der Waals surface area contributed by atoms with Crippen LogP contribution in [0.5, 0.6) is 11.5 Å². The van der Waals surface area contributed by atoms with Gasteiger partial charge < -0.3 is 15.3 Å². The van der Waals surface area contributed by atoms with Crippen LogP contribution < -0.4 is 4.90 Å². The van der Waals surface area contributed by atoms with Gasteiger partial charge in [0.1, 0.15) is 17.1 Å². The van der Waals surface area contributed by atoms with Crippen molar-refractivity contribution in [2.45, 2.75) is 32.6 Å². The zero-order chi connectivity index (χ0) is 28.6. The first kappa shape index (κ1) is 25.5. The van der Waals surface area contributed by atoms with Crippen molar-refractivity contribution in [3.63, 3.8) is 0 Å². The molecule has 0 bridgehead atoms.